The van der Waals surface area contributed by atoms with Gasteiger partial charge < -0.3 is 9.73 Å². The summed E-state index contributed by atoms with van der Waals surface area (Å²) in [5.74, 6) is 1.90. The van der Waals surface area contributed by atoms with Crippen LogP contribution >= 0.6 is 0 Å². The topological polar surface area (TPSA) is 25.2 Å². The molecule has 0 aliphatic heterocycles. The minimum absolute atomic E-state index is 0.312. The molecule has 2 atom stereocenters. The van der Waals surface area contributed by atoms with Gasteiger partial charge in [-0.05, 0) is 38.1 Å². The first-order valence-electron chi connectivity index (χ1n) is 4.46. The monoisotopic (exact) mass is 165 g/mol. The summed E-state index contributed by atoms with van der Waals surface area (Å²) >= 11 is 0. The van der Waals surface area contributed by atoms with Crippen LogP contribution in [0, 0.1) is 5.92 Å². The molecule has 1 saturated carbocycles. The molecule has 0 spiro atoms. The zero-order valence-corrected chi connectivity index (χ0v) is 7.63. The van der Waals surface area contributed by atoms with Crippen molar-refractivity contribution >= 4 is 0 Å². The van der Waals surface area contributed by atoms with Gasteiger partial charge in [-0.3, -0.25) is 0 Å². The van der Waals surface area contributed by atoms with Crippen molar-refractivity contribution in [2.75, 3.05) is 13.6 Å². The van der Waals surface area contributed by atoms with Gasteiger partial charge >= 0.3 is 0 Å². The van der Waals surface area contributed by atoms with Crippen molar-refractivity contribution in [3.05, 3.63) is 24.2 Å². The molecule has 2 heteroatoms. The minimum Gasteiger partial charge on any atom is -0.469 e. The molecule has 0 bridgehead atoms. The lowest BCUT2D eigenvalue weighted by molar-refractivity contribution is 0.444. The lowest BCUT2D eigenvalue weighted by Gasteiger charge is -2.06. The molecule has 2 nitrogen and oxygen atoms in total. The first-order chi connectivity index (χ1) is 5.77. The predicted octanol–water partition coefficient (Wildman–Crippen LogP) is 1.78. The van der Waals surface area contributed by atoms with Crippen molar-refractivity contribution in [3.63, 3.8) is 0 Å². The van der Waals surface area contributed by atoms with Crippen LogP contribution in [-0.4, -0.2) is 13.6 Å². The molecule has 1 aliphatic rings. The van der Waals surface area contributed by atoms with E-state index >= 15 is 0 Å². The summed E-state index contributed by atoms with van der Waals surface area (Å²) < 4.78 is 5.41. The molecule has 1 N–H and O–H groups in total. The van der Waals surface area contributed by atoms with E-state index in [4.69, 9.17) is 4.42 Å². The van der Waals surface area contributed by atoms with E-state index in [0.29, 0.717) is 5.41 Å². The van der Waals surface area contributed by atoms with Gasteiger partial charge in [0.15, 0.2) is 0 Å². The van der Waals surface area contributed by atoms with Crippen molar-refractivity contribution in [1.29, 1.82) is 0 Å². The molecule has 0 saturated heterocycles. The molecule has 0 radical (unpaired) electrons. The standard InChI is InChI=1S/C10H15NO/c1-10(6-8(10)7-11-2)9-4-3-5-12-9/h3-5,8,11H,6-7H2,1-2H3. The molecule has 66 valence electrons. The average Bonchev–Trinajstić information content (AvgIpc) is 2.57. The highest BCUT2D eigenvalue weighted by Gasteiger charge is 2.52. The molecule has 1 aliphatic carbocycles. The van der Waals surface area contributed by atoms with Crippen molar-refractivity contribution in [2.45, 2.75) is 18.8 Å². The second-order valence-corrected chi connectivity index (χ2v) is 3.85. The van der Waals surface area contributed by atoms with E-state index in [1.165, 1.54) is 6.42 Å². The van der Waals surface area contributed by atoms with E-state index < -0.39 is 0 Å². The Morgan fingerprint density at radius 2 is 2.58 bits per heavy atom. The lowest BCUT2D eigenvalue weighted by Crippen LogP contribution is -2.15. The highest BCUT2D eigenvalue weighted by molar-refractivity contribution is 5.24. The van der Waals surface area contributed by atoms with Gasteiger partial charge in [0.25, 0.3) is 0 Å². The normalized spacial score (nSPS) is 33.7. The van der Waals surface area contributed by atoms with Crippen LogP contribution < -0.4 is 5.32 Å². The third-order valence-corrected chi connectivity index (χ3v) is 2.95. The van der Waals surface area contributed by atoms with E-state index in [2.05, 4.69) is 18.3 Å². The Morgan fingerprint density at radius 1 is 1.75 bits per heavy atom. The first kappa shape index (κ1) is 7.87. The van der Waals surface area contributed by atoms with Crippen LogP contribution in [-0.2, 0) is 5.41 Å². The second kappa shape index (κ2) is 2.63. The van der Waals surface area contributed by atoms with Gasteiger partial charge in [-0.1, -0.05) is 6.92 Å². The van der Waals surface area contributed by atoms with Gasteiger partial charge in [0.1, 0.15) is 5.76 Å². The number of rotatable bonds is 3. The Balaban J connectivity index is 2.07. The van der Waals surface area contributed by atoms with Gasteiger partial charge in [-0.25, -0.2) is 0 Å². The molecule has 1 aromatic rings. The molecule has 0 amide bonds. The average molecular weight is 165 g/mol. The number of nitrogens with one attached hydrogen (secondary N) is 1. The van der Waals surface area contributed by atoms with Gasteiger partial charge in [0.05, 0.1) is 6.26 Å². The molecule has 1 fully saturated rings. The maximum atomic E-state index is 5.41. The van der Waals surface area contributed by atoms with Crippen LogP contribution in [0.4, 0.5) is 0 Å². The summed E-state index contributed by atoms with van der Waals surface area (Å²) in [6.07, 6.45) is 3.01. The van der Waals surface area contributed by atoms with Crippen molar-refractivity contribution in [3.8, 4) is 0 Å². The highest BCUT2D eigenvalue weighted by atomic mass is 16.3. The summed E-state index contributed by atoms with van der Waals surface area (Å²) in [5, 5.41) is 3.21. The first-order valence-corrected chi connectivity index (χ1v) is 4.46. The molecule has 0 aromatic carbocycles. The van der Waals surface area contributed by atoms with Crippen LogP contribution in [0.3, 0.4) is 0 Å². The Morgan fingerprint density at radius 3 is 3.17 bits per heavy atom. The highest BCUT2D eigenvalue weighted by Crippen LogP contribution is 2.53. The molecule has 1 aromatic heterocycles. The molecular weight excluding hydrogens is 150 g/mol. The predicted molar refractivity (Wildman–Crippen MR) is 48.1 cm³/mol. The van der Waals surface area contributed by atoms with Gasteiger partial charge in [0, 0.05) is 5.41 Å². The third-order valence-electron chi connectivity index (χ3n) is 2.95. The van der Waals surface area contributed by atoms with Crippen LogP contribution in [0.25, 0.3) is 0 Å². The fourth-order valence-electron chi connectivity index (χ4n) is 1.90. The van der Waals surface area contributed by atoms with Gasteiger partial charge in [-0.15, -0.1) is 0 Å². The van der Waals surface area contributed by atoms with Gasteiger partial charge in [-0.2, -0.15) is 0 Å². The zero-order chi connectivity index (χ0) is 8.60. The Hall–Kier alpha value is -0.760. The second-order valence-electron chi connectivity index (χ2n) is 3.85. The third kappa shape index (κ3) is 1.07. The molecular formula is C10H15NO. The van der Waals surface area contributed by atoms with Crippen LogP contribution in [0.1, 0.15) is 19.1 Å². The molecule has 2 unspecified atom stereocenters. The SMILES string of the molecule is CNCC1CC1(C)c1ccco1. The van der Waals surface area contributed by atoms with Crippen LogP contribution in [0.15, 0.2) is 22.8 Å². The summed E-state index contributed by atoms with van der Waals surface area (Å²) in [6, 6.07) is 4.05. The van der Waals surface area contributed by atoms with E-state index in [9.17, 15) is 0 Å². The molecule has 2 rings (SSSR count). The van der Waals surface area contributed by atoms with E-state index in [-0.39, 0.29) is 0 Å². The fourth-order valence-corrected chi connectivity index (χ4v) is 1.90. The fraction of sp³-hybridized carbons (Fsp3) is 0.600. The van der Waals surface area contributed by atoms with Crippen LogP contribution in [0.5, 0.6) is 0 Å². The van der Waals surface area contributed by atoms with Crippen molar-refractivity contribution in [2.24, 2.45) is 5.92 Å². The Labute approximate surface area is 73.0 Å². The van der Waals surface area contributed by atoms with Crippen molar-refractivity contribution < 1.29 is 4.42 Å². The Bertz CT molecular complexity index is 255. The summed E-state index contributed by atoms with van der Waals surface area (Å²) in [5.41, 5.74) is 0.312. The summed E-state index contributed by atoms with van der Waals surface area (Å²) in [6.45, 7) is 3.37. The van der Waals surface area contributed by atoms with E-state index in [1.54, 1.807) is 6.26 Å². The smallest absolute Gasteiger partial charge is 0.109 e. The number of hydrogen-bond donors (Lipinski definition) is 1. The van der Waals surface area contributed by atoms with Gasteiger partial charge in [0.2, 0.25) is 0 Å². The largest absolute Gasteiger partial charge is 0.469 e. The Kier molecular flexibility index (Phi) is 1.72. The minimum atomic E-state index is 0.312. The molecule has 12 heavy (non-hydrogen) atoms. The van der Waals surface area contributed by atoms with Crippen molar-refractivity contribution in [1.82, 2.24) is 5.32 Å². The maximum absolute atomic E-state index is 5.41. The summed E-state index contributed by atoms with van der Waals surface area (Å²) in [4.78, 5) is 0. The van der Waals surface area contributed by atoms with E-state index in [0.717, 1.165) is 18.2 Å². The van der Waals surface area contributed by atoms with E-state index in [1.807, 2.05) is 13.1 Å². The quantitative estimate of drug-likeness (QED) is 0.738. The van der Waals surface area contributed by atoms with Crippen LogP contribution in [0.2, 0.25) is 0 Å². The lowest BCUT2D eigenvalue weighted by atomic mass is 10.0. The number of furan rings is 1. The molecule has 1 heterocycles. The zero-order valence-electron chi connectivity index (χ0n) is 7.63. The maximum Gasteiger partial charge on any atom is 0.109 e. The number of hydrogen-bond acceptors (Lipinski definition) is 2. The summed E-state index contributed by atoms with van der Waals surface area (Å²) in [7, 11) is 2.00.